The molecule has 1 fully saturated rings. The third-order valence-electron chi connectivity index (χ3n) is 4.06. The normalized spacial score (nSPS) is 27.6. The number of rotatable bonds is 1. The first-order valence-corrected chi connectivity index (χ1v) is 7.72. The highest BCUT2D eigenvalue weighted by molar-refractivity contribution is 5.68. The summed E-state index contributed by atoms with van der Waals surface area (Å²) in [5.41, 5.74) is 0.639. The number of carbonyl (C=O) groups is 1. The van der Waals surface area contributed by atoms with E-state index in [1.54, 1.807) is 17.3 Å². The van der Waals surface area contributed by atoms with Crippen LogP contribution >= 0.6 is 0 Å². The average Bonchev–Trinajstić information content (AvgIpc) is 2.89. The zero-order chi connectivity index (χ0) is 15.7. The Kier molecular flexibility index (Phi) is 3.85. The van der Waals surface area contributed by atoms with Crippen molar-refractivity contribution in [3.8, 4) is 0 Å². The van der Waals surface area contributed by atoms with Crippen LogP contribution in [0.3, 0.4) is 0 Å². The fourth-order valence-electron chi connectivity index (χ4n) is 3.03. The Morgan fingerprint density at radius 2 is 2.00 bits per heavy atom. The molecule has 0 spiro atoms. The number of likely N-dealkylation sites (tertiary alicyclic amines) is 1. The molecule has 0 radical (unpaired) electrons. The highest BCUT2D eigenvalue weighted by Crippen LogP contribution is 2.40. The standard InChI is InChI=1S/C16H22N4O2/c1-16(2,3)22-15(21)20-9-6-13-12(10-20)14(19-18-13)11-4-7-17-8-5-11/h4-5,7-8,12-14H,6,9-10H2,1-3H3. The van der Waals surface area contributed by atoms with E-state index in [1.165, 1.54) is 0 Å². The van der Waals surface area contributed by atoms with Crippen LogP contribution in [0.5, 0.6) is 0 Å². The van der Waals surface area contributed by atoms with Crippen LogP contribution < -0.4 is 0 Å². The molecule has 2 aliphatic heterocycles. The highest BCUT2D eigenvalue weighted by atomic mass is 16.6. The molecule has 3 rings (SSSR count). The molecule has 6 heteroatoms. The van der Waals surface area contributed by atoms with E-state index in [0.717, 1.165) is 12.0 Å². The van der Waals surface area contributed by atoms with Gasteiger partial charge in [0, 0.05) is 31.4 Å². The van der Waals surface area contributed by atoms with E-state index >= 15 is 0 Å². The van der Waals surface area contributed by atoms with Crippen LogP contribution in [-0.4, -0.2) is 40.7 Å². The van der Waals surface area contributed by atoms with Gasteiger partial charge in [0.05, 0.1) is 6.04 Å². The van der Waals surface area contributed by atoms with Crippen molar-refractivity contribution in [2.24, 2.45) is 16.1 Å². The minimum atomic E-state index is -0.469. The third-order valence-corrected chi connectivity index (χ3v) is 4.06. The van der Waals surface area contributed by atoms with E-state index in [0.29, 0.717) is 13.1 Å². The lowest BCUT2D eigenvalue weighted by Gasteiger charge is -2.36. The van der Waals surface area contributed by atoms with Crippen molar-refractivity contribution in [3.63, 3.8) is 0 Å². The van der Waals surface area contributed by atoms with E-state index in [9.17, 15) is 4.79 Å². The summed E-state index contributed by atoms with van der Waals surface area (Å²) in [6.07, 6.45) is 4.14. The molecule has 118 valence electrons. The molecule has 0 saturated carbocycles. The van der Waals surface area contributed by atoms with Crippen LogP contribution in [0, 0.1) is 5.92 Å². The Hall–Kier alpha value is -1.98. The number of pyridine rings is 1. The minimum Gasteiger partial charge on any atom is -0.444 e. The maximum Gasteiger partial charge on any atom is 0.410 e. The van der Waals surface area contributed by atoms with E-state index in [2.05, 4.69) is 15.2 Å². The first-order valence-electron chi connectivity index (χ1n) is 7.72. The summed E-state index contributed by atoms with van der Waals surface area (Å²) in [5.74, 6) is 0.226. The summed E-state index contributed by atoms with van der Waals surface area (Å²) in [7, 11) is 0. The fraction of sp³-hybridized carbons (Fsp3) is 0.625. The number of fused-ring (bicyclic) bond motifs is 1. The highest BCUT2D eigenvalue weighted by Gasteiger charge is 2.42. The van der Waals surface area contributed by atoms with Gasteiger partial charge in [-0.2, -0.15) is 10.2 Å². The molecule has 6 nitrogen and oxygen atoms in total. The number of hydrogen-bond acceptors (Lipinski definition) is 5. The van der Waals surface area contributed by atoms with Crippen molar-refractivity contribution < 1.29 is 9.53 Å². The summed E-state index contributed by atoms with van der Waals surface area (Å²) in [5, 5.41) is 8.85. The molecule has 1 saturated heterocycles. The average molecular weight is 302 g/mol. The van der Waals surface area contributed by atoms with E-state index < -0.39 is 5.60 Å². The molecular weight excluding hydrogens is 280 g/mol. The second kappa shape index (κ2) is 5.66. The van der Waals surface area contributed by atoms with Crippen LogP contribution in [-0.2, 0) is 4.74 Å². The zero-order valence-corrected chi connectivity index (χ0v) is 13.3. The largest absolute Gasteiger partial charge is 0.444 e. The van der Waals surface area contributed by atoms with Crippen LogP contribution in [0.25, 0.3) is 0 Å². The molecule has 0 aromatic carbocycles. The van der Waals surface area contributed by atoms with Crippen molar-refractivity contribution in [1.29, 1.82) is 0 Å². The number of hydrogen-bond donors (Lipinski definition) is 0. The Morgan fingerprint density at radius 3 is 2.68 bits per heavy atom. The number of ether oxygens (including phenoxy) is 1. The van der Waals surface area contributed by atoms with Gasteiger partial charge in [0.1, 0.15) is 11.6 Å². The summed E-state index contributed by atoms with van der Waals surface area (Å²) in [4.78, 5) is 18.1. The molecule has 3 unspecified atom stereocenters. The molecule has 1 amide bonds. The smallest absolute Gasteiger partial charge is 0.410 e. The van der Waals surface area contributed by atoms with Crippen molar-refractivity contribution in [2.45, 2.75) is 44.9 Å². The summed E-state index contributed by atoms with van der Waals surface area (Å²) in [6.45, 7) is 6.98. The second-order valence-corrected chi connectivity index (χ2v) is 6.90. The number of carbonyl (C=O) groups excluding carboxylic acids is 1. The van der Waals surface area contributed by atoms with Gasteiger partial charge in [-0.05, 0) is 44.9 Å². The molecule has 3 heterocycles. The maximum absolute atomic E-state index is 12.3. The van der Waals surface area contributed by atoms with Gasteiger partial charge in [-0.1, -0.05) is 0 Å². The fourth-order valence-corrected chi connectivity index (χ4v) is 3.03. The number of amides is 1. The van der Waals surface area contributed by atoms with Gasteiger partial charge in [-0.3, -0.25) is 4.98 Å². The zero-order valence-electron chi connectivity index (χ0n) is 13.3. The van der Waals surface area contributed by atoms with Gasteiger partial charge < -0.3 is 9.64 Å². The van der Waals surface area contributed by atoms with Crippen molar-refractivity contribution in [2.75, 3.05) is 13.1 Å². The minimum absolute atomic E-state index is 0.0123. The summed E-state index contributed by atoms with van der Waals surface area (Å²) in [6, 6.07) is 4.16. The predicted octanol–water partition coefficient (Wildman–Crippen LogP) is 3.21. The summed E-state index contributed by atoms with van der Waals surface area (Å²) < 4.78 is 5.48. The Labute approximate surface area is 130 Å². The second-order valence-electron chi connectivity index (χ2n) is 6.90. The number of aromatic nitrogens is 1. The van der Waals surface area contributed by atoms with Crippen molar-refractivity contribution >= 4 is 6.09 Å². The molecule has 0 aliphatic carbocycles. The van der Waals surface area contributed by atoms with E-state index in [-0.39, 0.29) is 24.1 Å². The van der Waals surface area contributed by atoms with Gasteiger partial charge in [-0.25, -0.2) is 4.79 Å². The molecule has 0 N–H and O–H groups in total. The van der Waals surface area contributed by atoms with Crippen LogP contribution in [0.15, 0.2) is 34.8 Å². The molecule has 1 aromatic rings. The van der Waals surface area contributed by atoms with Gasteiger partial charge in [-0.15, -0.1) is 0 Å². The first kappa shape index (κ1) is 14.9. The van der Waals surface area contributed by atoms with Gasteiger partial charge in [0.15, 0.2) is 0 Å². The van der Waals surface area contributed by atoms with Gasteiger partial charge in [0.25, 0.3) is 0 Å². The first-order chi connectivity index (χ1) is 10.4. The molecule has 1 aromatic heterocycles. The number of piperidine rings is 1. The molecule has 22 heavy (non-hydrogen) atoms. The van der Waals surface area contributed by atoms with Gasteiger partial charge >= 0.3 is 6.09 Å². The third kappa shape index (κ3) is 3.10. The Balaban J connectivity index is 1.71. The topological polar surface area (TPSA) is 67.2 Å². The van der Waals surface area contributed by atoms with E-state index in [1.807, 2.05) is 32.9 Å². The monoisotopic (exact) mass is 302 g/mol. The van der Waals surface area contributed by atoms with Crippen LogP contribution in [0.2, 0.25) is 0 Å². The van der Waals surface area contributed by atoms with Gasteiger partial charge in [0.2, 0.25) is 0 Å². The van der Waals surface area contributed by atoms with Crippen LogP contribution in [0.1, 0.15) is 38.8 Å². The SMILES string of the molecule is CC(C)(C)OC(=O)N1CCC2N=NC(c3ccncc3)C2C1. The number of nitrogens with zero attached hydrogens (tertiary/aromatic N) is 4. The van der Waals surface area contributed by atoms with Crippen molar-refractivity contribution in [1.82, 2.24) is 9.88 Å². The maximum atomic E-state index is 12.3. The number of azo groups is 1. The Bertz CT molecular complexity index is 567. The Morgan fingerprint density at radius 1 is 1.27 bits per heavy atom. The van der Waals surface area contributed by atoms with E-state index in [4.69, 9.17) is 4.74 Å². The van der Waals surface area contributed by atoms with Crippen molar-refractivity contribution in [3.05, 3.63) is 30.1 Å². The lowest BCUT2D eigenvalue weighted by Crippen LogP contribution is -2.47. The molecule has 3 atom stereocenters. The molecule has 2 aliphatic rings. The lowest BCUT2D eigenvalue weighted by atomic mass is 9.85. The van der Waals surface area contributed by atoms with Crippen LogP contribution in [0.4, 0.5) is 4.79 Å². The summed E-state index contributed by atoms with van der Waals surface area (Å²) >= 11 is 0. The lowest BCUT2D eigenvalue weighted by molar-refractivity contribution is 0.0150. The molecule has 0 bridgehead atoms. The quantitative estimate of drug-likeness (QED) is 0.800. The predicted molar refractivity (Wildman–Crippen MR) is 81.5 cm³/mol. The molecular formula is C16H22N4O2.